The summed E-state index contributed by atoms with van der Waals surface area (Å²) in [4.78, 5) is 12.3. The molecule has 0 radical (unpaired) electrons. The SMILES string of the molecule is O=C(NCc1ccco1)c1cccc(S(=O)(=O)NCC2CCCO2)c1. The van der Waals surface area contributed by atoms with E-state index in [1.54, 1.807) is 24.3 Å². The Bertz CT molecular complexity index is 811. The van der Waals surface area contributed by atoms with Gasteiger partial charge in [-0.1, -0.05) is 6.07 Å². The van der Waals surface area contributed by atoms with E-state index >= 15 is 0 Å². The Hall–Kier alpha value is -2.16. The van der Waals surface area contributed by atoms with Gasteiger partial charge >= 0.3 is 0 Å². The van der Waals surface area contributed by atoms with Crippen LogP contribution in [0.4, 0.5) is 0 Å². The van der Waals surface area contributed by atoms with E-state index in [0.29, 0.717) is 12.4 Å². The molecule has 25 heavy (non-hydrogen) atoms. The van der Waals surface area contributed by atoms with Crippen molar-refractivity contribution in [3.05, 3.63) is 54.0 Å². The van der Waals surface area contributed by atoms with Gasteiger partial charge in [-0.25, -0.2) is 13.1 Å². The average molecular weight is 364 g/mol. The highest BCUT2D eigenvalue weighted by Crippen LogP contribution is 2.14. The van der Waals surface area contributed by atoms with E-state index in [-0.39, 0.29) is 35.6 Å². The van der Waals surface area contributed by atoms with Crippen LogP contribution in [0.2, 0.25) is 0 Å². The lowest BCUT2D eigenvalue weighted by molar-refractivity contribution is 0.0947. The molecule has 0 spiro atoms. The fraction of sp³-hybridized carbons (Fsp3) is 0.353. The van der Waals surface area contributed by atoms with Crippen LogP contribution < -0.4 is 10.0 Å². The quantitative estimate of drug-likeness (QED) is 0.779. The molecule has 1 saturated heterocycles. The zero-order valence-electron chi connectivity index (χ0n) is 13.6. The van der Waals surface area contributed by atoms with E-state index in [9.17, 15) is 13.2 Å². The molecule has 0 saturated carbocycles. The molecule has 1 aromatic heterocycles. The second-order valence-corrected chi connectivity index (χ2v) is 7.54. The van der Waals surface area contributed by atoms with E-state index in [4.69, 9.17) is 9.15 Å². The van der Waals surface area contributed by atoms with Crippen molar-refractivity contribution in [3.8, 4) is 0 Å². The minimum atomic E-state index is -3.69. The molecule has 1 unspecified atom stereocenters. The zero-order chi connectivity index (χ0) is 17.7. The summed E-state index contributed by atoms with van der Waals surface area (Å²) in [7, 11) is -3.69. The molecular formula is C17H20N2O5S. The average Bonchev–Trinajstić information content (AvgIpc) is 3.31. The number of furan rings is 1. The van der Waals surface area contributed by atoms with Crippen molar-refractivity contribution in [2.45, 2.75) is 30.4 Å². The van der Waals surface area contributed by atoms with Crippen molar-refractivity contribution in [2.75, 3.05) is 13.2 Å². The number of carbonyl (C=O) groups is 1. The largest absolute Gasteiger partial charge is 0.467 e. The fourth-order valence-electron chi connectivity index (χ4n) is 2.58. The lowest BCUT2D eigenvalue weighted by Crippen LogP contribution is -2.32. The molecule has 1 aromatic carbocycles. The van der Waals surface area contributed by atoms with Gasteiger partial charge in [-0.2, -0.15) is 0 Å². The Labute approximate surface area is 146 Å². The van der Waals surface area contributed by atoms with E-state index < -0.39 is 10.0 Å². The third-order valence-corrected chi connectivity index (χ3v) is 5.36. The lowest BCUT2D eigenvalue weighted by atomic mass is 10.2. The smallest absolute Gasteiger partial charge is 0.251 e. The summed E-state index contributed by atoms with van der Waals surface area (Å²) in [5, 5.41) is 2.69. The minimum Gasteiger partial charge on any atom is -0.467 e. The van der Waals surface area contributed by atoms with Crippen LogP contribution >= 0.6 is 0 Å². The predicted molar refractivity (Wildman–Crippen MR) is 90.5 cm³/mol. The minimum absolute atomic E-state index is 0.0520. The molecule has 3 rings (SSSR count). The molecule has 1 atom stereocenters. The van der Waals surface area contributed by atoms with Crippen LogP contribution in [0.1, 0.15) is 29.0 Å². The van der Waals surface area contributed by atoms with Gasteiger partial charge in [0.15, 0.2) is 0 Å². The van der Waals surface area contributed by atoms with E-state index in [2.05, 4.69) is 10.0 Å². The number of sulfonamides is 1. The van der Waals surface area contributed by atoms with Crippen molar-refractivity contribution < 1.29 is 22.4 Å². The van der Waals surface area contributed by atoms with E-state index in [1.807, 2.05) is 0 Å². The fourth-order valence-corrected chi connectivity index (χ4v) is 3.69. The van der Waals surface area contributed by atoms with Crippen molar-refractivity contribution in [1.29, 1.82) is 0 Å². The van der Waals surface area contributed by atoms with Gasteiger partial charge < -0.3 is 14.5 Å². The molecule has 0 aliphatic carbocycles. The van der Waals surface area contributed by atoms with Gasteiger partial charge in [-0.3, -0.25) is 4.79 Å². The number of rotatable bonds is 7. The molecule has 2 heterocycles. The van der Waals surface area contributed by atoms with Crippen LogP contribution in [0.15, 0.2) is 52.0 Å². The maximum absolute atomic E-state index is 12.4. The van der Waals surface area contributed by atoms with Gasteiger partial charge in [0.05, 0.1) is 23.8 Å². The molecule has 134 valence electrons. The van der Waals surface area contributed by atoms with E-state index in [0.717, 1.165) is 12.8 Å². The number of hydrogen-bond donors (Lipinski definition) is 2. The lowest BCUT2D eigenvalue weighted by Gasteiger charge is -2.12. The van der Waals surface area contributed by atoms with Crippen LogP contribution in [-0.4, -0.2) is 33.6 Å². The molecular weight excluding hydrogens is 344 g/mol. The number of hydrogen-bond acceptors (Lipinski definition) is 5. The number of carbonyl (C=O) groups excluding carboxylic acids is 1. The van der Waals surface area contributed by atoms with Crippen LogP contribution in [0, 0.1) is 0 Å². The maximum Gasteiger partial charge on any atom is 0.251 e. The van der Waals surface area contributed by atoms with Gasteiger partial charge in [-0.05, 0) is 43.2 Å². The van der Waals surface area contributed by atoms with Crippen molar-refractivity contribution in [3.63, 3.8) is 0 Å². The van der Waals surface area contributed by atoms with Crippen molar-refractivity contribution in [2.24, 2.45) is 0 Å². The first-order valence-electron chi connectivity index (χ1n) is 8.06. The third-order valence-electron chi connectivity index (χ3n) is 3.93. The van der Waals surface area contributed by atoms with Crippen LogP contribution in [0.3, 0.4) is 0 Å². The standard InChI is InChI=1S/C17H20N2O5S/c20-17(18-11-14-5-2-8-23-14)13-4-1-7-16(10-13)25(21,22)19-12-15-6-3-9-24-15/h1-2,4-5,7-8,10,15,19H,3,6,9,11-12H2,(H,18,20). The second-order valence-electron chi connectivity index (χ2n) is 5.78. The van der Waals surface area contributed by atoms with Gasteiger partial charge in [0.1, 0.15) is 5.76 Å². The first-order chi connectivity index (χ1) is 12.0. The van der Waals surface area contributed by atoms with Gasteiger partial charge in [-0.15, -0.1) is 0 Å². The van der Waals surface area contributed by atoms with Crippen LogP contribution in [0.25, 0.3) is 0 Å². The second kappa shape index (κ2) is 7.81. The number of ether oxygens (including phenoxy) is 1. The van der Waals surface area contributed by atoms with E-state index in [1.165, 1.54) is 18.4 Å². The summed E-state index contributed by atoms with van der Waals surface area (Å²) in [6.07, 6.45) is 3.22. The summed E-state index contributed by atoms with van der Waals surface area (Å²) in [6, 6.07) is 9.40. The topological polar surface area (TPSA) is 97.6 Å². The van der Waals surface area contributed by atoms with Gasteiger partial charge in [0.2, 0.25) is 10.0 Å². The Balaban J connectivity index is 1.64. The molecule has 2 aromatic rings. The summed E-state index contributed by atoms with van der Waals surface area (Å²) >= 11 is 0. The van der Waals surface area contributed by atoms with Crippen LogP contribution in [-0.2, 0) is 21.3 Å². The Morgan fingerprint density at radius 2 is 2.12 bits per heavy atom. The molecule has 1 aliphatic heterocycles. The van der Waals surface area contributed by atoms with Crippen molar-refractivity contribution in [1.82, 2.24) is 10.0 Å². The summed E-state index contributed by atoms with van der Waals surface area (Å²) < 4.78 is 37.9. The normalized spacial score (nSPS) is 17.5. The highest BCUT2D eigenvalue weighted by molar-refractivity contribution is 7.89. The Morgan fingerprint density at radius 1 is 1.24 bits per heavy atom. The predicted octanol–water partition coefficient (Wildman–Crippen LogP) is 1.67. The molecule has 1 amide bonds. The summed E-state index contributed by atoms with van der Waals surface area (Å²) in [5.74, 6) is 0.253. The Morgan fingerprint density at radius 3 is 2.84 bits per heavy atom. The maximum atomic E-state index is 12.4. The van der Waals surface area contributed by atoms with Gasteiger partial charge in [0, 0.05) is 18.7 Å². The summed E-state index contributed by atoms with van der Waals surface area (Å²) in [6.45, 7) is 1.13. The third kappa shape index (κ3) is 4.68. The summed E-state index contributed by atoms with van der Waals surface area (Å²) in [5.41, 5.74) is 0.270. The first kappa shape index (κ1) is 17.7. The molecule has 2 N–H and O–H groups in total. The first-order valence-corrected chi connectivity index (χ1v) is 9.55. The Kier molecular flexibility index (Phi) is 5.52. The number of amides is 1. The highest BCUT2D eigenvalue weighted by atomic mass is 32.2. The van der Waals surface area contributed by atoms with Crippen LogP contribution in [0.5, 0.6) is 0 Å². The monoisotopic (exact) mass is 364 g/mol. The number of benzene rings is 1. The van der Waals surface area contributed by atoms with Gasteiger partial charge in [0.25, 0.3) is 5.91 Å². The molecule has 1 aliphatic rings. The molecule has 8 heteroatoms. The number of nitrogens with one attached hydrogen (secondary N) is 2. The zero-order valence-corrected chi connectivity index (χ0v) is 14.4. The highest BCUT2D eigenvalue weighted by Gasteiger charge is 2.21. The van der Waals surface area contributed by atoms with Crippen molar-refractivity contribution >= 4 is 15.9 Å². The molecule has 1 fully saturated rings. The molecule has 0 bridgehead atoms. The molecule has 7 nitrogen and oxygen atoms in total.